The van der Waals surface area contributed by atoms with E-state index in [1.165, 1.54) is 0 Å². The van der Waals surface area contributed by atoms with E-state index in [9.17, 15) is 20.1 Å². The molecule has 5 atom stereocenters. The van der Waals surface area contributed by atoms with Crippen LogP contribution in [0.15, 0.2) is 12.2 Å². The van der Waals surface area contributed by atoms with E-state index in [1.807, 2.05) is 6.08 Å². The summed E-state index contributed by atoms with van der Waals surface area (Å²) >= 11 is 5.45. The van der Waals surface area contributed by atoms with Gasteiger partial charge in [-0.3, -0.25) is 4.79 Å². The van der Waals surface area contributed by atoms with Crippen molar-refractivity contribution >= 4 is 23.1 Å². The fourth-order valence-electron chi connectivity index (χ4n) is 3.56. The smallest absolute Gasteiger partial charge is 0.303 e. The number of hydrogen-bond donors (Lipinski definition) is 4. The van der Waals surface area contributed by atoms with Gasteiger partial charge >= 0.3 is 5.97 Å². The SMILES string of the molecule is C[C@@H](O)CCC[C@H](O)/C=C/[C@H]1[C@H](O)CC(=S)[C@@H]1CCCCCCC(=O)O. The molecule has 1 aliphatic rings. The zero-order valence-corrected chi connectivity index (χ0v) is 16.5. The lowest BCUT2D eigenvalue weighted by Crippen LogP contribution is -2.19. The molecule has 0 aromatic heterocycles. The molecule has 0 bridgehead atoms. The van der Waals surface area contributed by atoms with Crippen LogP contribution in [0, 0.1) is 11.8 Å². The number of carboxylic acid groups (broad SMARTS) is 1. The van der Waals surface area contributed by atoms with E-state index in [1.54, 1.807) is 13.0 Å². The third kappa shape index (κ3) is 9.21. The molecule has 0 aromatic rings. The van der Waals surface area contributed by atoms with Crippen LogP contribution < -0.4 is 0 Å². The quantitative estimate of drug-likeness (QED) is 0.220. The van der Waals surface area contributed by atoms with Gasteiger partial charge in [0, 0.05) is 18.8 Å². The molecule has 1 fully saturated rings. The van der Waals surface area contributed by atoms with Crippen molar-refractivity contribution in [2.75, 3.05) is 0 Å². The van der Waals surface area contributed by atoms with Gasteiger partial charge in [0.25, 0.3) is 0 Å². The summed E-state index contributed by atoms with van der Waals surface area (Å²) in [6, 6.07) is 0. The fraction of sp³-hybridized carbons (Fsp3) is 0.800. The number of carbonyl (C=O) groups is 1. The van der Waals surface area contributed by atoms with Gasteiger partial charge in [-0.1, -0.05) is 43.6 Å². The first kappa shape index (κ1) is 23.2. The van der Waals surface area contributed by atoms with Gasteiger partial charge in [-0.25, -0.2) is 0 Å². The molecule has 0 heterocycles. The molecule has 0 spiro atoms. The predicted molar refractivity (Wildman–Crippen MR) is 106 cm³/mol. The zero-order valence-electron chi connectivity index (χ0n) is 15.7. The summed E-state index contributed by atoms with van der Waals surface area (Å²) in [5.41, 5.74) is 0. The Hall–Kier alpha value is -0.820. The Bertz CT molecular complexity index is 463. The van der Waals surface area contributed by atoms with Gasteiger partial charge in [0.1, 0.15) is 0 Å². The largest absolute Gasteiger partial charge is 0.481 e. The molecule has 1 aliphatic carbocycles. The first-order chi connectivity index (χ1) is 12.3. The van der Waals surface area contributed by atoms with Crippen molar-refractivity contribution in [3.8, 4) is 0 Å². The molecule has 150 valence electrons. The highest BCUT2D eigenvalue weighted by molar-refractivity contribution is 7.80. The Kier molecular flexibility index (Phi) is 11.2. The summed E-state index contributed by atoms with van der Waals surface area (Å²) < 4.78 is 0. The summed E-state index contributed by atoms with van der Waals surface area (Å²) in [5.74, 6) is -0.643. The maximum atomic E-state index is 10.5. The Morgan fingerprint density at radius 2 is 1.88 bits per heavy atom. The second kappa shape index (κ2) is 12.5. The average molecular weight is 387 g/mol. The molecular weight excluding hydrogens is 352 g/mol. The highest BCUT2D eigenvalue weighted by atomic mass is 32.1. The monoisotopic (exact) mass is 386 g/mol. The van der Waals surface area contributed by atoms with Gasteiger partial charge in [-0.05, 0) is 49.8 Å². The molecular formula is C20H34O5S. The molecule has 5 nitrogen and oxygen atoms in total. The average Bonchev–Trinajstić information content (AvgIpc) is 2.81. The number of aliphatic carboxylic acids is 1. The second-order valence-electron chi connectivity index (χ2n) is 7.50. The lowest BCUT2D eigenvalue weighted by molar-refractivity contribution is -0.137. The number of unbranched alkanes of at least 4 members (excludes halogenated alkanes) is 3. The minimum atomic E-state index is -0.748. The van der Waals surface area contributed by atoms with Crippen LogP contribution in [0.1, 0.15) is 71.1 Å². The Morgan fingerprint density at radius 3 is 2.54 bits per heavy atom. The Labute approximate surface area is 162 Å². The van der Waals surface area contributed by atoms with Gasteiger partial charge < -0.3 is 20.4 Å². The van der Waals surface area contributed by atoms with Crippen LogP contribution in [-0.2, 0) is 4.79 Å². The number of hydrogen-bond acceptors (Lipinski definition) is 5. The zero-order chi connectivity index (χ0) is 19.5. The van der Waals surface area contributed by atoms with Crippen molar-refractivity contribution in [3.63, 3.8) is 0 Å². The fourth-order valence-corrected chi connectivity index (χ4v) is 4.01. The van der Waals surface area contributed by atoms with Crippen molar-refractivity contribution in [1.29, 1.82) is 0 Å². The normalized spacial score (nSPS) is 25.7. The molecule has 0 unspecified atom stereocenters. The molecule has 0 aromatic carbocycles. The summed E-state index contributed by atoms with van der Waals surface area (Å²) in [4.78, 5) is 11.4. The van der Waals surface area contributed by atoms with Crippen LogP contribution in [-0.4, -0.2) is 49.6 Å². The maximum Gasteiger partial charge on any atom is 0.303 e. The van der Waals surface area contributed by atoms with Gasteiger partial charge in [-0.2, -0.15) is 0 Å². The number of carboxylic acids is 1. The summed E-state index contributed by atoms with van der Waals surface area (Å²) in [6.07, 6.45) is 9.50. The second-order valence-corrected chi connectivity index (χ2v) is 8.02. The molecule has 1 saturated carbocycles. The van der Waals surface area contributed by atoms with E-state index < -0.39 is 18.2 Å². The van der Waals surface area contributed by atoms with Crippen LogP contribution in [0.25, 0.3) is 0 Å². The summed E-state index contributed by atoms with van der Waals surface area (Å²) in [6.45, 7) is 1.74. The third-order valence-corrected chi connectivity index (χ3v) is 5.54. The highest BCUT2D eigenvalue weighted by Gasteiger charge is 2.36. The number of aliphatic hydroxyl groups is 3. The van der Waals surface area contributed by atoms with E-state index in [0.717, 1.165) is 37.0 Å². The first-order valence-corrected chi connectivity index (χ1v) is 10.2. The summed E-state index contributed by atoms with van der Waals surface area (Å²) in [5, 5.41) is 38.2. The van der Waals surface area contributed by atoms with Crippen LogP contribution in [0.5, 0.6) is 0 Å². The predicted octanol–water partition coefficient (Wildman–Crippen LogP) is 3.25. The number of rotatable bonds is 13. The molecule has 0 saturated heterocycles. The molecule has 6 heteroatoms. The minimum absolute atomic E-state index is 0.0482. The topological polar surface area (TPSA) is 98.0 Å². The third-order valence-electron chi connectivity index (χ3n) is 5.07. The van der Waals surface area contributed by atoms with Crippen molar-refractivity contribution in [3.05, 3.63) is 12.2 Å². The first-order valence-electron chi connectivity index (χ1n) is 9.78. The minimum Gasteiger partial charge on any atom is -0.481 e. The highest BCUT2D eigenvalue weighted by Crippen LogP contribution is 2.35. The molecule has 0 amide bonds. The molecule has 4 N–H and O–H groups in total. The van der Waals surface area contributed by atoms with Crippen LogP contribution >= 0.6 is 12.2 Å². The number of thiocarbonyl (C=S) groups is 1. The molecule has 1 rings (SSSR count). The number of aliphatic hydroxyl groups excluding tert-OH is 3. The van der Waals surface area contributed by atoms with E-state index >= 15 is 0 Å². The van der Waals surface area contributed by atoms with E-state index in [-0.39, 0.29) is 24.4 Å². The van der Waals surface area contributed by atoms with Crippen LogP contribution in [0.2, 0.25) is 0 Å². The van der Waals surface area contributed by atoms with Crippen molar-refractivity contribution in [2.24, 2.45) is 11.8 Å². The van der Waals surface area contributed by atoms with Crippen molar-refractivity contribution in [1.82, 2.24) is 0 Å². The standard InChI is InChI=1S/C20H34O5S/c1-14(21)7-6-8-15(22)11-12-16-17(19(26)13-18(16)23)9-4-2-3-5-10-20(24)25/h11-12,14-18,21-23H,2-10,13H2,1H3,(H,24,25)/b12-11+/t14-,15+,16-,17-,18-/m1/s1. The Morgan fingerprint density at radius 1 is 1.19 bits per heavy atom. The van der Waals surface area contributed by atoms with Crippen LogP contribution in [0.3, 0.4) is 0 Å². The van der Waals surface area contributed by atoms with Gasteiger partial charge in [0.2, 0.25) is 0 Å². The molecule has 26 heavy (non-hydrogen) atoms. The lowest BCUT2D eigenvalue weighted by atomic mass is 9.88. The Balaban J connectivity index is 2.39. The van der Waals surface area contributed by atoms with Gasteiger partial charge in [0.05, 0.1) is 18.3 Å². The van der Waals surface area contributed by atoms with Crippen molar-refractivity contribution in [2.45, 2.75) is 89.4 Å². The molecule has 0 aliphatic heterocycles. The van der Waals surface area contributed by atoms with Gasteiger partial charge in [0.15, 0.2) is 0 Å². The maximum absolute atomic E-state index is 10.5. The van der Waals surface area contributed by atoms with E-state index in [0.29, 0.717) is 25.7 Å². The van der Waals surface area contributed by atoms with Crippen molar-refractivity contribution < 1.29 is 25.2 Å². The lowest BCUT2D eigenvalue weighted by Gasteiger charge is -2.19. The van der Waals surface area contributed by atoms with E-state index in [4.69, 9.17) is 17.3 Å². The van der Waals surface area contributed by atoms with E-state index in [2.05, 4.69) is 0 Å². The van der Waals surface area contributed by atoms with Gasteiger partial charge in [-0.15, -0.1) is 0 Å². The summed E-state index contributed by atoms with van der Waals surface area (Å²) in [7, 11) is 0. The van der Waals surface area contributed by atoms with Crippen LogP contribution in [0.4, 0.5) is 0 Å². The molecule has 0 radical (unpaired) electrons.